The molecule has 2 heterocycles. The Morgan fingerprint density at radius 1 is 1.16 bits per heavy atom. The summed E-state index contributed by atoms with van der Waals surface area (Å²) in [6, 6.07) is 14.6. The highest BCUT2D eigenvalue weighted by Crippen LogP contribution is 2.45. The number of anilines is 1. The van der Waals surface area contributed by atoms with Crippen LogP contribution in [0.1, 0.15) is 11.1 Å². The normalized spacial score (nSPS) is 19.2. The van der Waals surface area contributed by atoms with Crippen LogP contribution >= 0.6 is 15.9 Å². The van der Waals surface area contributed by atoms with E-state index in [0.717, 1.165) is 10.2 Å². The second kappa shape index (κ2) is 3.87. The topological polar surface area (TPSA) is 12.5 Å². The van der Waals surface area contributed by atoms with Gasteiger partial charge >= 0.3 is 0 Å². The largest absolute Gasteiger partial charge is 0.466 e. The van der Waals surface area contributed by atoms with Crippen LogP contribution < -0.4 is 9.64 Å². The van der Waals surface area contributed by atoms with Crippen molar-refractivity contribution in [2.75, 3.05) is 11.9 Å². The number of hydrogen-bond acceptors (Lipinski definition) is 2. The number of fused-ring (bicyclic) bond motifs is 4. The Labute approximate surface area is 120 Å². The van der Waals surface area contributed by atoms with Crippen molar-refractivity contribution in [2.24, 2.45) is 0 Å². The third-order valence-corrected chi connectivity index (χ3v) is 4.23. The van der Waals surface area contributed by atoms with Crippen LogP contribution in [-0.2, 0) is 0 Å². The lowest BCUT2D eigenvalue weighted by atomic mass is 9.97. The van der Waals surface area contributed by atoms with E-state index in [1.165, 1.54) is 22.4 Å². The summed E-state index contributed by atoms with van der Waals surface area (Å²) in [6.45, 7) is 0. The Hall–Kier alpha value is -1.74. The summed E-state index contributed by atoms with van der Waals surface area (Å²) in [5.74, 6) is 0.958. The first kappa shape index (κ1) is 11.1. The SMILES string of the molecule is CN1c2ccccc2C=C2c3cc(Br)ccc3OC21. The van der Waals surface area contributed by atoms with E-state index in [-0.39, 0.29) is 6.23 Å². The third-order valence-electron chi connectivity index (χ3n) is 3.74. The zero-order valence-corrected chi connectivity index (χ0v) is 12.0. The number of benzene rings is 2. The summed E-state index contributed by atoms with van der Waals surface area (Å²) in [6.07, 6.45) is 2.22. The lowest BCUT2D eigenvalue weighted by Crippen LogP contribution is -2.36. The molecule has 1 unspecified atom stereocenters. The molecule has 0 spiro atoms. The molecule has 19 heavy (non-hydrogen) atoms. The van der Waals surface area contributed by atoms with Gasteiger partial charge in [-0.1, -0.05) is 34.1 Å². The van der Waals surface area contributed by atoms with Gasteiger partial charge in [0.15, 0.2) is 6.23 Å². The van der Waals surface area contributed by atoms with Gasteiger partial charge in [-0.15, -0.1) is 0 Å². The molecule has 4 rings (SSSR count). The van der Waals surface area contributed by atoms with Gasteiger partial charge in [0.2, 0.25) is 0 Å². The maximum Gasteiger partial charge on any atom is 0.199 e. The molecular weight excluding hydrogens is 302 g/mol. The van der Waals surface area contributed by atoms with Crippen molar-refractivity contribution >= 4 is 33.3 Å². The van der Waals surface area contributed by atoms with Crippen LogP contribution in [-0.4, -0.2) is 13.3 Å². The van der Waals surface area contributed by atoms with E-state index in [1.54, 1.807) is 0 Å². The van der Waals surface area contributed by atoms with Gasteiger partial charge in [-0.25, -0.2) is 0 Å². The summed E-state index contributed by atoms with van der Waals surface area (Å²) in [7, 11) is 2.08. The average molecular weight is 314 g/mol. The third kappa shape index (κ3) is 1.55. The molecule has 0 N–H and O–H groups in total. The molecule has 3 heteroatoms. The van der Waals surface area contributed by atoms with Crippen LogP contribution in [0.25, 0.3) is 11.6 Å². The highest BCUT2D eigenvalue weighted by molar-refractivity contribution is 9.10. The Balaban J connectivity index is 1.94. The van der Waals surface area contributed by atoms with Gasteiger partial charge in [0.05, 0.1) is 0 Å². The van der Waals surface area contributed by atoms with Gasteiger partial charge in [0.1, 0.15) is 5.75 Å². The molecule has 0 fully saturated rings. The molecule has 2 aliphatic heterocycles. The first-order valence-corrected chi connectivity index (χ1v) is 7.03. The van der Waals surface area contributed by atoms with Crippen LogP contribution in [0, 0.1) is 0 Å². The number of halogens is 1. The quantitative estimate of drug-likeness (QED) is 0.724. The predicted octanol–water partition coefficient (Wildman–Crippen LogP) is 4.16. The van der Waals surface area contributed by atoms with Crippen LogP contribution in [0.4, 0.5) is 5.69 Å². The van der Waals surface area contributed by atoms with E-state index in [2.05, 4.69) is 64.3 Å². The molecule has 2 aliphatic rings. The fraction of sp³-hybridized carbons (Fsp3) is 0.125. The van der Waals surface area contributed by atoms with Gasteiger partial charge in [0, 0.05) is 28.3 Å². The van der Waals surface area contributed by atoms with Crippen LogP contribution in [0.15, 0.2) is 46.9 Å². The number of hydrogen-bond donors (Lipinski definition) is 0. The fourth-order valence-electron chi connectivity index (χ4n) is 2.81. The summed E-state index contributed by atoms with van der Waals surface area (Å²) < 4.78 is 7.15. The van der Waals surface area contributed by atoms with Gasteiger partial charge in [-0.05, 0) is 35.9 Å². The van der Waals surface area contributed by atoms with Crippen molar-refractivity contribution in [3.8, 4) is 5.75 Å². The Morgan fingerprint density at radius 2 is 2.00 bits per heavy atom. The lowest BCUT2D eigenvalue weighted by Gasteiger charge is -2.31. The lowest BCUT2D eigenvalue weighted by molar-refractivity contribution is 0.275. The van der Waals surface area contributed by atoms with Gasteiger partial charge in [-0.2, -0.15) is 0 Å². The zero-order chi connectivity index (χ0) is 13.0. The molecule has 0 radical (unpaired) electrons. The first-order chi connectivity index (χ1) is 9.24. The molecular formula is C16H12BrNO. The number of para-hydroxylation sites is 1. The molecule has 1 atom stereocenters. The predicted molar refractivity (Wildman–Crippen MR) is 81.3 cm³/mol. The summed E-state index contributed by atoms with van der Waals surface area (Å²) in [5, 5.41) is 0. The number of likely N-dealkylation sites (N-methyl/N-ethyl adjacent to an activating group) is 1. The summed E-state index contributed by atoms with van der Waals surface area (Å²) >= 11 is 3.53. The maximum atomic E-state index is 6.07. The molecule has 0 aliphatic carbocycles. The highest BCUT2D eigenvalue weighted by Gasteiger charge is 2.35. The standard InChI is InChI=1S/C16H12BrNO/c1-18-14-5-3-2-4-10(14)8-13-12-9-11(17)6-7-15(12)19-16(13)18/h2-9,16H,1H3. The van der Waals surface area contributed by atoms with Crippen LogP contribution in [0.2, 0.25) is 0 Å². The highest BCUT2D eigenvalue weighted by atomic mass is 79.9. The molecule has 94 valence electrons. The Bertz CT molecular complexity index is 708. The van der Waals surface area contributed by atoms with E-state index in [1.807, 2.05) is 12.1 Å². The zero-order valence-electron chi connectivity index (χ0n) is 10.4. The number of ether oxygens (including phenoxy) is 1. The summed E-state index contributed by atoms with van der Waals surface area (Å²) in [4.78, 5) is 2.19. The monoisotopic (exact) mass is 313 g/mol. The van der Waals surface area contributed by atoms with Crippen molar-refractivity contribution < 1.29 is 4.74 Å². The van der Waals surface area contributed by atoms with Crippen molar-refractivity contribution in [1.29, 1.82) is 0 Å². The van der Waals surface area contributed by atoms with Gasteiger partial charge in [0.25, 0.3) is 0 Å². The Morgan fingerprint density at radius 3 is 2.89 bits per heavy atom. The van der Waals surface area contributed by atoms with E-state index in [0.29, 0.717) is 0 Å². The molecule has 0 aromatic heterocycles. The second-order valence-corrected chi connectivity index (χ2v) is 5.80. The smallest absolute Gasteiger partial charge is 0.199 e. The minimum Gasteiger partial charge on any atom is -0.466 e. The van der Waals surface area contributed by atoms with E-state index in [9.17, 15) is 0 Å². The fourth-order valence-corrected chi connectivity index (χ4v) is 3.17. The first-order valence-electron chi connectivity index (χ1n) is 6.24. The molecule has 0 bridgehead atoms. The molecule has 0 amide bonds. The molecule has 2 aromatic rings. The van der Waals surface area contributed by atoms with Gasteiger partial charge in [-0.3, -0.25) is 0 Å². The van der Waals surface area contributed by atoms with Crippen molar-refractivity contribution in [1.82, 2.24) is 0 Å². The minimum absolute atomic E-state index is 0.0146. The van der Waals surface area contributed by atoms with Crippen molar-refractivity contribution in [3.63, 3.8) is 0 Å². The van der Waals surface area contributed by atoms with E-state index in [4.69, 9.17) is 4.74 Å². The van der Waals surface area contributed by atoms with E-state index < -0.39 is 0 Å². The Kier molecular flexibility index (Phi) is 2.27. The summed E-state index contributed by atoms with van der Waals surface area (Å²) in [5.41, 5.74) is 4.87. The van der Waals surface area contributed by atoms with Crippen LogP contribution in [0.3, 0.4) is 0 Å². The van der Waals surface area contributed by atoms with Crippen molar-refractivity contribution in [2.45, 2.75) is 6.23 Å². The molecule has 2 aromatic carbocycles. The minimum atomic E-state index is -0.0146. The maximum absolute atomic E-state index is 6.07. The molecule has 0 saturated carbocycles. The van der Waals surface area contributed by atoms with Crippen molar-refractivity contribution in [3.05, 3.63) is 58.1 Å². The number of rotatable bonds is 0. The second-order valence-electron chi connectivity index (χ2n) is 4.88. The number of nitrogens with zero attached hydrogens (tertiary/aromatic N) is 1. The molecule has 2 nitrogen and oxygen atoms in total. The molecule has 0 saturated heterocycles. The van der Waals surface area contributed by atoms with Crippen LogP contribution in [0.5, 0.6) is 5.75 Å². The van der Waals surface area contributed by atoms with Gasteiger partial charge < -0.3 is 9.64 Å². The van der Waals surface area contributed by atoms with E-state index >= 15 is 0 Å². The average Bonchev–Trinajstić information content (AvgIpc) is 2.78.